The van der Waals surface area contributed by atoms with Gasteiger partial charge in [0.2, 0.25) is 0 Å². The van der Waals surface area contributed by atoms with Crippen LogP contribution in [0.2, 0.25) is 0 Å². The molecule has 3 heterocycles. The molecule has 1 aromatic carbocycles. The third-order valence-corrected chi connectivity index (χ3v) is 6.04. The molecule has 1 aliphatic carbocycles. The summed E-state index contributed by atoms with van der Waals surface area (Å²) in [7, 11) is 1.58. The number of pyridine rings is 1. The molecule has 3 aromatic heterocycles. The third kappa shape index (κ3) is 4.91. The van der Waals surface area contributed by atoms with E-state index in [2.05, 4.69) is 39.8 Å². The second-order valence-electron chi connectivity index (χ2n) is 9.43. The summed E-state index contributed by atoms with van der Waals surface area (Å²) in [4.78, 5) is 33.2. The van der Waals surface area contributed by atoms with Crippen molar-refractivity contribution in [2.24, 2.45) is 5.92 Å². The first-order valence-corrected chi connectivity index (χ1v) is 12.2. The lowest BCUT2D eigenvalue weighted by Gasteiger charge is -2.13. The predicted octanol–water partition coefficient (Wildman–Crippen LogP) is 3.78. The lowest BCUT2D eigenvalue weighted by atomic mass is 10.1. The van der Waals surface area contributed by atoms with Gasteiger partial charge in [-0.3, -0.25) is 14.6 Å². The smallest absolute Gasteiger partial charge is 0.269 e. The van der Waals surface area contributed by atoms with Gasteiger partial charge in [0, 0.05) is 42.5 Å². The average Bonchev–Trinajstić information content (AvgIpc) is 3.61. The first-order chi connectivity index (χ1) is 17.4. The largest absolute Gasteiger partial charge is 0.382 e. The van der Waals surface area contributed by atoms with Crippen LogP contribution in [0.25, 0.3) is 28.2 Å². The Labute approximate surface area is 209 Å². The summed E-state index contributed by atoms with van der Waals surface area (Å²) in [5.41, 5.74) is 5.73. The highest BCUT2D eigenvalue weighted by Gasteiger charge is 2.24. The molecule has 3 N–H and O–H groups in total. The molecule has 2 amide bonds. The second-order valence-corrected chi connectivity index (χ2v) is 9.43. The molecular weight excluding hydrogens is 454 g/mol. The van der Waals surface area contributed by atoms with Gasteiger partial charge in [0.15, 0.2) is 5.65 Å². The number of fused-ring (bicyclic) bond motifs is 1. The first-order valence-electron chi connectivity index (χ1n) is 12.2. The third-order valence-electron chi connectivity index (χ3n) is 6.04. The topological polar surface area (TPSA) is 113 Å². The quantitative estimate of drug-likeness (QED) is 0.352. The van der Waals surface area contributed by atoms with Crippen molar-refractivity contribution in [1.29, 1.82) is 0 Å². The number of rotatable bonds is 8. The Bertz CT molecular complexity index is 1400. The molecule has 0 atom stereocenters. The lowest BCUT2D eigenvalue weighted by molar-refractivity contribution is 0.0945. The van der Waals surface area contributed by atoms with Gasteiger partial charge < -0.3 is 16.0 Å². The summed E-state index contributed by atoms with van der Waals surface area (Å²) in [6.07, 6.45) is 5.54. The van der Waals surface area contributed by atoms with E-state index < -0.39 is 0 Å². The minimum absolute atomic E-state index is 0.0459. The number of nitrogens with zero attached hydrogens (tertiary/aromatic N) is 4. The van der Waals surface area contributed by atoms with Crippen LogP contribution in [-0.4, -0.2) is 51.0 Å². The molecule has 0 spiro atoms. The van der Waals surface area contributed by atoms with Crippen LogP contribution < -0.4 is 16.0 Å². The Kier molecular flexibility index (Phi) is 6.37. The van der Waals surface area contributed by atoms with Crippen LogP contribution in [-0.2, 0) is 0 Å². The molecule has 184 valence electrons. The number of hydrogen-bond donors (Lipinski definition) is 3. The number of hydrogen-bond acceptors (Lipinski definition) is 6. The summed E-state index contributed by atoms with van der Waals surface area (Å²) in [5, 5.41) is 14.0. The predicted molar refractivity (Wildman–Crippen MR) is 139 cm³/mol. The van der Waals surface area contributed by atoms with Crippen molar-refractivity contribution in [2.45, 2.75) is 32.7 Å². The van der Waals surface area contributed by atoms with Crippen molar-refractivity contribution in [2.75, 3.05) is 18.9 Å². The molecule has 5 rings (SSSR count). The van der Waals surface area contributed by atoms with Gasteiger partial charge in [-0.25, -0.2) is 9.50 Å². The molecule has 0 unspecified atom stereocenters. The van der Waals surface area contributed by atoms with E-state index in [1.165, 1.54) is 0 Å². The van der Waals surface area contributed by atoms with E-state index in [0.29, 0.717) is 34.6 Å². The summed E-state index contributed by atoms with van der Waals surface area (Å²) in [6, 6.07) is 13.3. The molecule has 0 bridgehead atoms. The highest BCUT2D eigenvalue weighted by atomic mass is 16.2. The van der Waals surface area contributed by atoms with Crippen molar-refractivity contribution >= 4 is 23.1 Å². The van der Waals surface area contributed by atoms with Gasteiger partial charge in [0.1, 0.15) is 5.69 Å². The number of anilines is 1. The van der Waals surface area contributed by atoms with Crippen LogP contribution in [0.15, 0.2) is 54.9 Å². The van der Waals surface area contributed by atoms with Crippen molar-refractivity contribution < 1.29 is 9.59 Å². The Morgan fingerprint density at radius 3 is 2.39 bits per heavy atom. The summed E-state index contributed by atoms with van der Waals surface area (Å²) >= 11 is 0. The van der Waals surface area contributed by atoms with Crippen molar-refractivity contribution in [3.8, 4) is 22.5 Å². The maximum absolute atomic E-state index is 12.4. The number of amides is 2. The normalized spacial score (nSPS) is 13.1. The van der Waals surface area contributed by atoms with Gasteiger partial charge in [0.25, 0.3) is 11.8 Å². The van der Waals surface area contributed by atoms with Crippen LogP contribution in [0.1, 0.15) is 47.5 Å². The van der Waals surface area contributed by atoms with Crippen LogP contribution in [0.4, 0.5) is 5.69 Å². The minimum atomic E-state index is -0.240. The molecular formula is C27H29N7O2. The maximum Gasteiger partial charge on any atom is 0.269 e. The lowest BCUT2D eigenvalue weighted by Crippen LogP contribution is -2.25. The zero-order valence-electron chi connectivity index (χ0n) is 20.6. The number of carbonyl (C=O) groups is 2. The van der Waals surface area contributed by atoms with Crippen molar-refractivity contribution in [3.63, 3.8) is 0 Å². The number of carbonyl (C=O) groups excluding carboxylic acids is 2. The molecule has 0 aliphatic heterocycles. The second kappa shape index (κ2) is 9.77. The van der Waals surface area contributed by atoms with E-state index in [0.717, 1.165) is 41.9 Å². The fraction of sp³-hybridized carbons (Fsp3) is 0.296. The summed E-state index contributed by atoms with van der Waals surface area (Å²) in [6.45, 7) is 5.07. The standard InChI is InChI=1S/C27H29N7O2/c1-16(2)13-29-23-12-22(19-8-11-21(30-14-19)27(36)28-3)33-34-24(15-31-25(23)34)17-4-6-18(7-5-17)26(35)32-20-9-10-20/h4-8,11-12,14-16,20,29H,9-10,13H2,1-3H3,(H,28,36)(H,32,35). The van der Waals surface area contributed by atoms with E-state index in [1.807, 2.05) is 40.9 Å². The molecule has 1 fully saturated rings. The maximum atomic E-state index is 12.4. The van der Waals surface area contributed by atoms with E-state index in [1.54, 1.807) is 25.5 Å². The van der Waals surface area contributed by atoms with Crippen LogP contribution in [0.3, 0.4) is 0 Å². The van der Waals surface area contributed by atoms with E-state index in [4.69, 9.17) is 5.10 Å². The number of nitrogens with one attached hydrogen (secondary N) is 3. The zero-order valence-corrected chi connectivity index (χ0v) is 20.6. The van der Waals surface area contributed by atoms with Crippen molar-refractivity contribution in [3.05, 3.63) is 66.1 Å². The van der Waals surface area contributed by atoms with Gasteiger partial charge in [-0.05, 0) is 49.1 Å². The average molecular weight is 484 g/mol. The first kappa shape index (κ1) is 23.5. The van der Waals surface area contributed by atoms with E-state index in [9.17, 15) is 9.59 Å². The molecule has 36 heavy (non-hydrogen) atoms. The fourth-order valence-corrected chi connectivity index (χ4v) is 3.85. The van der Waals surface area contributed by atoms with Gasteiger partial charge in [-0.1, -0.05) is 26.0 Å². The minimum Gasteiger partial charge on any atom is -0.382 e. The summed E-state index contributed by atoms with van der Waals surface area (Å²) < 4.78 is 1.81. The Hall–Kier alpha value is -4.27. The number of aromatic nitrogens is 4. The van der Waals surface area contributed by atoms with Gasteiger partial charge >= 0.3 is 0 Å². The highest BCUT2D eigenvalue weighted by molar-refractivity contribution is 5.95. The molecule has 4 aromatic rings. The fourth-order valence-electron chi connectivity index (χ4n) is 3.85. The van der Waals surface area contributed by atoms with Crippen LogP contribution in [0.5, 0.6) is 0 Å². The van der Waals surface area contributed by atoms with Gasteiger partial charge in [-0.2, -0.15) is 5.10 Å². The summed E-state index contributed by atoms with van der Waals surface area (Å²) in [5.74, 6) is 0.157. The SMILES string of the molecule is CNC(=O)c1ccc(-c2cc(NCC(C)C)c3ncc(-c4ccc(C(=O)NC5CC5)cc4)n3n2)cn1. The molecule has 0 saturated heterocycles. The Balaban J connectivity index is 1.53. The molecule has 9 heteroatoms. The molecule has 1 aliphatic rings. The Morgan fingerprint density at radius 2 is 1.75 bits per heavy atom. The van der Waals surface area contributed by atoms with Crippen LogP contribution >= 0.6 is 0 Å². The number of imidazole rings is 1. The van der Waals surface area contributed by atoms with Crippen LogP contribution in [0, 0.1) is 5.92 Å². The van der Waals surface area contributed by atoms with E-state index in [-0.39, 0.29) is 11.8 Å². The Morgan fingerprint density at radius 1 is 1.00 bits per heavy atom. The molecule has 9 nitrogen and oxygen atoms in total. The monoisotopic (exact) mass is 483 g/mol. The molecule has 1 saturated carbocycles. The van der Waals surface area contributed by atoms with Crippen molar-refractivity contribution in [1.82, 2.24) is 30.2 Å². The zero-order chi connectivity index (χ0) is 25.2. The molecule has 0 radical (unpaired) electrons. The van der Waals surface area contributed by atoms with E-state index >= 15 is 0 Å². The van der Waals surface area contributed by atoms with Gasteiger partial charge in [0.05, 0.1) is 23.3 Å². The highest BCUT2D eigenvalue weighted by Crippen LogP contribution is 2.28. The van der Waals surface area contributed by atoms with Gasteiger partial charge in [-0.15, -0.1) is 0 Å². The number of benzene rings is 1.